The molecule has 0 aliphatic carbocycles. The smallest absolute Gasteiger partial charge is 0.295 e. The Bertz CT molecular complexity index is 967. The monoisotopic (exact) mass is 416 g/mol. The van der Waals surface area contributed by atoms with E-state index < -0.39 is 10.0 Å². The minimum Gasteiger partial charge on any atom is -0.325 e. The Labute approximate surface area is 171 Å². The van der Waals surface area contributed by atoms with Crippen molar-refractivity contribution in [3.8, 4) is 0 Å². The second-order valence-electron chi connectivity index (χ2n) is 7.11. The van der Waals surface area contributed by atoms with Gasteiger partial charge >= 0.3 is 0 Å². The lowest BCUT2D eigenvalue weighted by atomic mass is 10.2. The highest BCUT2D eigenvalue weighted by atomic mass is 32.2. The first-order chi connectivity index (χ1) is 13.9. The van der Waals surface area contributed by atoms with Gasteiger partial charge in [0.15, 0.2) is 6.54 Å². The Hall–Kier alpha value is -2.62. The van der Waals surface area contributed by atoms with Crippen LogP contribution in [0.15, 0.2) is 58.8 Å². The molecule has 1 saturated heterocycles. The third kappa shape index (κ3) is 5.47. The van der Waals surface area contributed by atoms with E-state index in [-0.39, 0.29) is 12.5 Å². The van der Waals surface area contributed by atoms with Crippen molar-refractivity contribution in [3.63, 3.8) is 0 Å². The van der Waals surface area contributed by atoms with Gasteiger partial charge in [0.25, 0.3) is 5.91 Å². The van der Waals surface area contributed by atoms with Crippen molar-refractivity contribution in [1.29, 1.82) is 0 Å². The van der Waals surface area contributed by atoms with Crippen LogP contribution in [0, 0.1) is 6.92 Å². The number of sulfonamides is 1. The number of piperazine rings is 1. The molecule has 0 bridgehead atoms. The van der Waals surface area contributed by atoms with Crippen LogP contribution < -0.4 is 10.3 Å². The van der Waals surface area contributed by atoms with Crippen LogP contribution in [-0.4, -0.2) is 62.0 Å². The van der Waals surface area contributed by atoms with E-state index >= 15 is 0 Å². The number of pyridine rings is 1. The first kappa shape index (κ1) is 21.1. The normalized spacial score (nSPS) is 16.6. The fourth-order valence-electron chi connectivity index (χ4n) is 3.15. The van der Waals surface area contributed by atoms with Crippen molar-refractivity contribution in [2.45, 2.75) is 18.7 Å². The van der Waals surface area contributed by atoms with Crippen molar-refractivity contribution in [2.75, 3.05) is 32.7 Å². The molecule has 9 heteroatoms. The third-order valence-corrected chi connectivity index (χ3v) is 6.86. The number of benzene rings is 1. The summed E-state index contributed by atoms with van der Waals surface area (Å²) < 4.78 is 27.0. The lowest BCUT2D eigenvalue weighted by molar-refractivity contribution is -0.895. The molecule has 0 saturated carbocycles. The average molecular weight is 417 g/mol. The molecule has 1 aromatic carbocycles. The predicted molar refractivity (Wildman–Crippen MR) is 110 cm³/mol. The summed E-state index contributed by atoms with van der Waals surface area (Å²) in [5.74, 6) is -0.191. The largest absolute Gasteiger partial charge is 0.325 e. The summed E-state index contributed by atoms with van der Waals surface area (Å²) in [6.07, 6.45) is 3.34. The molecule has 1 amide bonds. The number of aromatic nitrogens is 1. The number of aryl methyl sites for hydroxylation is 1. The van der Waals surface area contributed by atoms with Crippen LogP contribution in [0.1, 0.15) is 18.1 Å². The molecule has 0 unspecified atom stereocenters. The molecule has 154 valence electrons. The van der Waals surface area contributed by atoms with Crippen LogP contribution in [0.2, 0.25) is 0 Å². The number of hydrazone groups is 1. The highest BCUT2D eigenvalue weighted by Gasteiger charge is 2.31. The summed E-state index contributed by atoms with van der Waals surface area (Å²) in [5.41, 5.74) is 5.19. The van der Waals surface area contributed by atoms with E-state index in [9.17, 15) is 13.2 Å². The van der Waals surface area contributed by atoms with E-state index in [2.05, 4.69) is 15.5 Å². The first-order valence-electron chi connectivity index (χ1n) is 9.50. The quantitative estimate of drug-likeness (QED) is 0.504. The van der Waals surface area contributed by atoms with Crippen LogP contribution in [0.5, 0.6) is 0 Å². The summed E-state index contributed by atoms with van der Waals surface area (Å²) >= 11 is 0. The molecule has 8 nitrogen and oxygen atoms in total. The van der Waals surface area contributed by atoms with Crippen molar-refractivity contribution in [3.05, 3.63) is 59.9 Å². The molecule has 0 radical (unpaired) electrons. The molecular formula is C20H26N5O3S+. The zero-order valence-corrected chi connectivity index (χ0v) is 17.4. The van der Waals surface area contributed by atoms with Gasteiger partial charge in [-0.15, -0.1) is 0 Å². The Morgan fingerprint density at radius 3 is 2.38 bits per heavy atom. The lowest BCUT2D eigenvalue weighted by Crippen LogP contribution is -3.15. The summed E-state index contributed by atoms with van der Waals surface area (Å²) in [5, 5.41) is 4.13. The Balaban J connectivity index is 1.50. The minimum absolute atomic E-state index is 0.191. The standard InChI is InChI=1S/C20H25N5O3S/c1-16-3-5-19(6-4-16)29(27,28)25-13-11-24(12-14-25)15-20(26)23-22-17(2)18-7-9-21-10-8-18/h3-10H,11-15H2,1-2H3,(H,23,26)/p+1/b22-17-. The molecule has 1 aliphatic heterocycles. The number of carbonyl (C=O) groups excluding carboxylic acids is 1. The molecule has 1 aliphatic rings. The van der Waals surface area contributed by atoms with Crippen LogP contribution in [0.4, 0.5) is 0 Å². The highest BCUT2D eigenvalue weighted by Crippen LogP contribution is 2.16. The Morgan fingerprint density at radius 2 is 1.76 bits per heavy atom. The lowest BCUT2D eigenvalue weighted by Gasteiger charge is -2.31. The topological polar surface area (TPSA) is 96.2 Å². The van der Waals surface area contributed by atoms with Crippen LogP contribution >= 0.6 is 0 Å². The third-order valence-electron chi connectivity index (χ3n) is 4.95. The predicted octanol–water partition coefficient (Wildman–Crippen LogP) is -0.180. The van der Waals surface area contributed by atoms with Crippen LogP contribution in [-0.2, 0) is 14.8 Å². The summed E-state index contributed by atoms with van der Waals surface area (Å²) in [6, 6.07) is 10.5. The highest BCUT2D eigenvalue weighted by molar-refractivity contribution is 7.89. The van der Waals surface area contributed by atoms with Gasteiger partial charge in [0.1, 0.15) is 0 Å². The number of amides is 1. The second kappa shape index (κ2) is 9.25. The van der Waals surface area contributed by atoms with Gasteiger partial charge in [-0.1, -0.05) is 17.7 Å². The molecule has 3 rings (SSSR count). The SMILES string of the molecule is C/C(=N/NC(=O)C[NH+]1CCN(S(=O)(=O)c2ccc(C)cc2)CC1)c1ccncc1. The molecule has 2 N–H and O–H groups in total. The molecule has 0 atom stereocenters. The Morgan fingerprint density at radius 1 is 1.14 bits per heavy atom. The van der Waals surface area contributed by atoms with E-state index in [1.54, 1.807) is 36.7 Å². The second-order valence-corrected chi connectivity index (χ2v) is 9.05. The van der Waals surface area contributed by atoms with Crippen molar-refractivity contribution in [2.24, 2.45) is 5.10 Å². The van der Waals surface area contributed by atoms with Gasteiger partial charge in [0, 0.05) is 18.0 Å². The molecule has 0 spiro atoms. The van der Waals surface area contributed by atoms with E-state index in [0.29, 0.717) is 36.8 Å². The van der Waals surface area contributed by atoms with Crippen molar-refractivity contribution >= 4 is 21.6 Å². The number of hydrogen-bond donors (Lipinski definition) is 2. The maximum atomic E-state index is 12.8. The number of carbonyl (C=O) groups is 1. The zero-order chi connectivity index (χ0) is 20.9. The van der Waals surface area contributed by atoms with E-state index in [4.69, 9.17) is 0 Å². The maximum Gasteiger partial charge on any atom is 0.295 e. The summed E-state index contributed by atoms with van der Waals surface area (Å²) in [7, 11) is -3.49. The van der Waals surface area contributed by atoms with Gasteiger partial charge in [-0.2, -0.15) is 9.41 Å². The van der Waals surface area contributed by atoms with E-state index in [1.165, 1.54) is 4.31 Å². The molecule has 1 fully saturated rings. The molecule has 29 heavy (non-hydrogen) atoms. The first-order valence-corrected chi connectivity index (χ1v) is 10.9. The maximum absolute atomic E-state index is 12.8. The van der Waals surface area contributed by atoms with Crippen LogP contribution in [0.3, 0.4) is 0 Å². The number of rotatable bonds is 6. The number of nitrogens with one attached hydrogen (secondary N) is 2. The van der Waals surface area contributed by atoms with Gasteiger partial charge in [-0.25, -0.2) is 13.8 Å². The van der Waals surface area contributed by atoms with Gasteiger partial charge in [-0.05, 0) is 38.1 Å². The molecule has 2 aromatic rings. The molecule has 2 heterocycles. The van der Waals surface area contributed by atoms with E-state index in [0.717, 1.165) is 16.0 Å². The van der Waals surface area contributed by atoms with Gasteiger partial charge in [0.05, 0.1) is 36.8 Å². The van der Waals surface area contributed by atoms with Crippen LogP contribution in [0.25, 0.3) is 0 Å². The number of hydrogen-bond acceptors (Lipinski definition) is 5. The van der Waals surface area contributed by atoms with Crippen molar-refractivity contribution < 1.29 is 18.1 Å². The minimum atomic E-state index is -3.49. The number of quaternary nitrogens is 1. The van der Waals surface area contributed by atoms with Gasteiger partial charge < -0.3 is 4.90 Å². The fourth-order valence-corrected chi connectivity index (χ4v) is 4.59. The number of nitrogens with zero attached hydrogens (tertiary/aromatic N) is 3. The average Bonchev–Trinajstić information content (AvgIpc) is 2.73. The molecular weight excluding hydrogens is 390 g/mol. The van der Waals surface area contributed by atoms with E-state index in [1.807, 2.05) is 26.0 Å². The van der Waals surface area contributed by atoms with Crippen molar-refractivity contribution in [1.82, 2.24) is 14.7 Å². The summed E-state index contributed by atoms with van der Waals surface area (Å²) in [4.78, 5) is 17.5. The Kier molecular flexibility index (Phi) is 6.73. The molecule has 1 aromatic heterocycles. The van der Waals surface area contributed by atoms with Gasteiger partial charge in [0.2, 0.25) is 10.0 Å². The summed E-state index contributed by atoms with van der Waals surface area (Å²) in [6.45, 7) is 5.92. The fraction of sp³-hybridized carbons (Fsp3) is 0.350. The van der Waals surface area contributed by atoms with Gasteiger partial charge in [-0.3, -0.25) is 9.78 Å². The zero-order valence-electron chi connectivity index (χ0n) is 16.6.